The van der Waals surface area contributed by atoms with Crippen LogP contribution in [0.15, 0.2) is 40.9 Å². The average Bonchev–Trinajstić information content (AvgIpc) is 2.95. The fourth-order valence-electron chi connectivity index (χ4n) is 2.79. The number of rotatable bonds is 1. The summed E-state index contributed by atoms with van der Waals surface area (Å²) in [6, 6.07) is 11.8. The van der Waals surface area contributed by atoms with Crippen LogP contribution in [0.5, 0.6) is 17.2 Å². The van der Waals surface area contributed by atoms with Gasteiger partial charge in [0.2, 0.25) is 6.79 Å². The van der Waals surface area contributed by atoms with Crippen molar-refractivity contribution in [2.45, 2.75) is 18.6 Å². The first-order valence-electron chi connectivity index (χ1n) is 6.82. The Bertz CT molecular complexity index is 704. The van der Waals surface area contributed by atoms with Gasteiger partial charge in [-0.1, -0.05) is 22.0 Å². The standard InChI is InChI=1S/C16H14BrNO3/c17-10-2-4-13-11(6-10)12(18)7-15(21-13)9-1-3-14-16(5-9)20-8-19-14/h1-6,12,15H,7-8,18H2/t12-,15?/m1/s1. The van der Waals surface area contributed by atoms with E-state index in [0.717, 1.165) is 39.3 Å². The van der Waals surface area contributed by atoms with Crippen LogP contribution in [0, 0.1) is 0 Å². The maximum absolute atomic E-state index is 6.30. The monoisotopic (exact) mass is 347 g/mol. The van der Waals surface area contributed by atoms with E-state index in [2.05, 4.69) is 15.9 Å². The summed E-state index contributed by atoms with van der Waals surface area (Å²) in [5, 5.41) is 0. The molecule has 2 aromatic rings. The molecule has 2 aliphatic heterocycles. The van der Waals surface area contributed by atoms with Crippen molar-refractivity contribution in [1.82, 2.24) is 0 Å². The van der Waals surface area contributed by atoms with Gasteiger partial charge < -0.3 is 19.9 Å². The highest BCUT2D eigenvalue weighted by Gasteiger charge is 2.28. The molecule has 2 atom stereocenters. The van der Waals surface area contributed by atoms with Crippen LogP contribution in [0.2, 0.25) is 0 Å². The number of fused-ring (bicyclic) bond motifs is 2. The number of ether oxygens (including phenoxy) is 3. The second-order valence-electron chi connectivity index (χ2n) is 5.24. The fraction of sp³-hybridized carbons (Fsp3) is 0.250. The molecule has 0 aliphatic carbocycles. The second kappa shape index (κ2) is 4.93. The van der Waals surface area contributed by atoms with Crippen LogP contribution in [-0.4, -0.2) is 6.79 Å². The molecule has 2 N–H and O–H groups in total. The molecule has 0 saturated heterocycles. The Labute approximate surface area is 130 Å². The molecular weight excluding hydrogens is 334 g/mol. The number of nitrogens with two attached hydrogens (primary N) is 1. The summed E-state index contributed by atoms with van der Waals surface area (Å²) in [5.41, 5.74) is 8.40. The first-order chi connectivity index (χ1) is 10.2. The van der Waals surface area contributed by atoms with Crippen LogP contribution in [0.4, 0.5) is 0 Å². The summed E-state index contributed by atoms with van der Waals surface area (Å²) in [6.45, 7) is 0.278. The second-order valence-corrected chi connectivity index (χ2v) is 6.16. The smallest absolute Gasteiger partial charge is 0.231 e. The zero-order valence-corrected chi connectivity index (χ0v) is 12.8. The highest BCUT2D eigenvalue weighted by atomic mass is 79.9. The average molecular weight is 348 g/mol. The summed E-state index contributed by atoms with van der Waals surface area (Å²) in [7, 11) is 0. The Morgan fingerprint density at radius 1 is 1.00 bits per heavy atom. The lowest BCUT2D eigenvalue weighted by Crippen LogP contribution is -2.24. The lowest BCUT2D eigenvalue weighted by molar-refractivity contribution is 0.160. The molecule has 0 spiro atoms. The van der Waals surface area contributed by atoms with E-state index in [9.17, 15) is 0 Å². The summed E-state index contributed by atoms with van der Waals surface area (Å²) in [5.74, 6) is 2.40. The number of hydrogen-bond donors (Lipinski definition) is 1. The van der Waals surface area contributed by atoms with Gasteiger partial charge in [0.1, 0.15) is 11.9 Å². The van der Waals surface area contributed by atoms with Gasteiger partial charge in [0, 0.05) is 22.5 Å². The van der Waals surface area contributed by atoms with Crippen molar-refractivity contribution in [2.75, 3.05) is 6.79 Å². The molecule has 4 rings (SSSR count). The van der Waals surface area contributed by atoms with Crippen molar-refractivity contribution in [3.8, 4) is 17.2 Å². The molecule has 21 heavy (non-hydrogen) atoms. The first kappa shape index (κ1) is 13.0. The first-order valence-corrected chi connectivity index (χ1v) is 7.61. The Hall–Kier alpha value is -1.72. The molecule has 4 nitrogen and oxygen atoms in total. The molecule has 0 saturated carbocycles. The molecule has 0 radical (unpaired) electrons. The third-order valence-electron chi connectivity index (χ3n) is 3.88. The lowest BCUT2D eigenvalue weighted by Gasteiger charge is -2.30. The molecule has 5 heteroatoms. The van der Waals surface area contributed by atoms with E-state index < -0.39 is 0 Å². The molecule has 2 aromatic carbocycles. The minimum absolute atomic E-state index is 0.0401. The van der Waals surface area contributed by atoms with E-state index in [1.54, 1.807) is 0 Å². The van der Waals surface area contributed by atoms with Gasteiger partial charge in [-0.25, -0.2) is 0 Å². The van der Waals surface area contributed by atoms with Crippen LogP contribution in [-0.2, 0) is 0 Å². The van der Waals surface area contributed by atoms with Crippen LogP contribution < -0.4 is 19.9 Å². The van der Waals surface area contributed by atoms with Crippen LogP contribution >= 0.6 is 15.9 Å². The van der Waals surface area contributed by atoms with Crippen molar-refractivity contribution in [2.24, 2.45) is 5.73 Å². The van der Waals surface area contributed by atoms with Gasteiger partial charge in [0.15, 0.2) is 11.5 Å². The number of benzene rings is 2. The van der Waals surface area contributed by atoms with Gasteiger partial charge in [0.05, 0.1) is 0 Å². The summed E-state index contributed by atoms with van der Waals surface area (Å²) >= 11 is 3.47. The van der Waals surface area contributed by atoms with Crippen LogP contribution in [0.1, 0.15) is 29.7 Å². The summed E-state index contributed by atoms with van der Waals surface area (Å²) in [4.78, 5) is 0. The fourth-order valence-corrected chi connectivity index (χ4v) is 3.17. The molecule has 0 amide bonds. The maximum atomic E-state index is 6.30. The van der Waals surface area contributed by atoms with Crippen molar-refractivity contribution >= 4 is 15.9 Å². The Morgan fingerprint density at radius 2 is 1.81 bits per heavy atom. The van der Waals surface area contributed by atoms with Gasteiger partial charge in [-0.15, -0.1) is 0 Å². The topological polar surface area (TPSA) is 53.7 Å². The lowest BCUT2D eigenvalue weighted by atomic mass is 9.93. The van der Waals surface area contributed by atoms with E-state index in [1.807, 2.05) is 36.4 Å². The predicted octanol–water partition coefficient (Wildman–Crippen LogP) is 3.70. The molecule has 0 fully saturated rings. The van der Waals surface area contributed by atoms with Crippen molar-refractivity contribution in [3.05, 3.63) is 52.0 Å². The molecule has 2 heterocycles. The molecular formula is C16H14BrNO3. The van der Waals surface area contributed by atoms with Gasteiger partial charge >= 0.3 is 0 Å². The molecule has 108 valence electrons. The highest BCUT2D eigenvalue weighted by molar-refractivity contribution is 9.10. The Morgan fingerprint density at radius 3 is 2.71 bits per heavy atom. The van der Waals surface area contributed by atoms with Gasteiger partial charge in [-0.2, -0.15) is 0 Å². The quantitative estimate of drug-likeness (QED) is 0.854. The predicted molar refractivity (Wildman–Crippen MR) is 81.6 cm³/mol. The molecule has 1 unspecified atom stereocenters. The van der Waals surface area contributed by atoms with E-state index in [0.29, 0.717) is 0 Å². The van der Waals surface area contributed by atoms with Crippen LogP contribution in [0.25, 0.3) is 0 Å². The van der Waals surface area contributed by atoms with Crippen molar-refractivity contribution in [3.63, 3.8) is 0 Å². The van der Waals surface area contributed by atoms with E-state index >= 15 is 0 Å². The van der Waals surface area contributed by atoms with E-state index in [4.69, 9.17) is 19.9 Å². The molecule has 0 aromatic heterocycles. The Kier molecular flexibility index (Phi) is 3.05. The SMILES string of the molecule is N[C@@H]1CC(c2ccc3c(c2)OCO3)Oc2ccc(Br)cc21. The zero-order valence-electron chi connectivity index (χ0n) is 11.2. The number of halogens is 1. The summed E-state index contributed by atoms with van der Waals surface area (Å²) in [6.07, 6.45) is 0.673. The third-order valence-corrected chi connectivity index (χ3v) is 4.37. The zero-order chi connectivity index (χ0) is 14.4. The number of hydrogen-bond acceptors (Lipinski definition) is 4. The maximum Gasteiger partial charge on any atom is 0.231 e. The van der Waals surface area contributed by atoms with Crippen molar-refractivity contribution < 1.29 is 14.2 Å². The normalized spacial score (nSPS) is 22.6. The highest BCUT2D eigenvalue weighted by Crippen LogP contribution is 2.43. The third kappa shape index (κ3) is 2.26. The molecule has 2 aliphatic rings. The van der Waals surface area contributed by atoms with Crippen LogP contribution in [0.3, 0.4) is 0 Å². The molecule has 0 bridgehead atoms. The largest absolute Gasteiger partial charge is 0.485 e. The van der Waals surface area contributed by atoms with E-state index in [-0.39, 0.29) is 18.9 Å². The minimum Gasteiger partial charge on any atom is -0.485 e. The van der Waals surface area contributed by atoms with Crippen molar-refractivity contribution in [1.29, 1.82) is 0 Å². The Balaban J connectivity index is 1.67. The van der Waals surface area contributed by atoms with Gasteiger partial charge in [-0.3, -0.25) is 0 Å². The van der Waals surface area contributed by atoms with E-state index in [1.165, 1.54) is 0 Å². The van der Waals surface area contributed by atoms with Gasteiger partial charge in [-0.05, 0) is 35.9 Å². The van der Waals surface area contributed by atoms with Gasteiger partial charge in [0.25, 0.3) is 0 Å². The summed E-state index contributed by atoms with van der Waals surface area (Å²) < 4.78 is 17.9. The minimum atomic E-state index is -0.0665.